The van der Waals surface area contributed by atoms with Crippen molar-refractivity contribution in [2.24, 2.45) is 5.92 Å². The zero-order valence-corrected chi connectivity index (χ0v) is 20.3. The summed E-state index contributed by atoms with van der Waals surface area (Å²) in [6, 6.07) is 3.90. The lowest BCUT2D eigenvalue weighted by atomic mass is 10.1. The lowest BCUT2D eigenvalue weighted by molar-refractivity contribution is -0.118. The maximum Gasteiger partial charge on any atom is 0.335 e. The number of rotatable bonds is 8. The summed E-state index contributed by atoms with van der Waals surface area (Å²) in [6.07, 6.45) is 0. The van der Waals surface area contributed by atoms with E-state index < -0.39 is 26.9 Å². The molecule has 0 aliphatic carbocycles. The Hall–Kier alpha value is -3.94. The first kappa shape index (κ1) is 26.3. The third-order valence-electron chi connectivity index (χ3n) is 4.25. The van der Waals surface area contributed by atoms with Crippen LogP contribution in [-0.4, -0.2) is 69.4 Å². The molecular formula is C20H26N6O7S. The largest absolute Gasteiger partial charge is 0.481 e. The number of carbonyl (C=O) groups excluding carboxylic acids is 3. The van der Waals surface area contributed by atoms with E-state index in [1.54, 1.807) is 13.8 Å². The minimum atomic E-state index is -4.58. The zero-order chi connectivity index (χ0) is 25.6. The van der Waals surface area contributed by atoms with Crippen molar-refractivity contribution in [2.45, 2.75) is 18.7 Å². The number of aromatic nitrogens is 2. The van der Waals surface area contributed by atoms with E-state index in [0.717, 1.165) is 6.07 Å². The molecule has 0 spiro atoms. The van der Waals surface area contributed by atoms with Crippen LogP contribution in [-0.2, 0) is 14.8 Å². The summed E-state index contributed by atoms with van der Waals surface area (Å²) < 4.78 is 37.9. The van der Waals surface area contributed by atoms with Crippen LogP contribution in [0.4, 0.5) is 16.4 Å². The van der Waals surface area contributed by atoms with Gasteiger partial charge in [-0.3, -0.25) is 14.9 Å². The number of carbonyl (C=O) groups is 3. The summed E-state index contributed by atoms with van der Waals surface area (Å²) in [6.45, 7) is 3.33. The topological polar surface area (TPSA) is 169 Å². The van der Waals surface area contributed by atoms with Crippen molar-refractivity contribution < 1.29 is 32.3 Å². The van der Waals surface area contributed by atoms with Crippen molar-refractivity contribution in [3.63, 3.8) is 0 Å². The number of benzene rings is 1. The van der Waals surface area contributed by atoms with Crippen LogP contribution in [0.5, 0.6) is 11.8 Å². The molecule has 0 bridgehead atoms. The number of amides is 4. The van der Waals surface area contributed by atoms with Crippen molar-refractivity contribution in [2.75, 3.05) is 38.9 Å². The molecule has 3 N–H and O–H groups in total. The highest BCUT2D eigenvalue weighted by Crippen LogP contribution is 2.23. The van der Waals surface area contributed by atoms with Gasteiger partial charge in [-0.05, 0) is 18.2 Å². The van der Waals surface area contributed by atoms with Gasteiger partial charge in [0.25, 0.3) is 15.9 Å². The molecule has 13 nitrogen and oxygen atoms in total. The molecule has 184 valence electrons. The lowest BCUT2D eigenvalue weighted by Crippen LogP contribution is -2.36. The number of hydrogen-bond donors (Lipinski definition) is 3. The number of hydrogen-bond acceptors (Lipinski definition) is 9. The maximum absolute atomic E-state index is 13.1. The Labute approximate surface area is 196 Å². The molecule has 0 fully saturated rings. The predicted molar refractivity (Wildman–Crippen MR) is 122 cm³/mol. The average molecular weight is 495 g/mol. The number of urea groups is 1. The van der Waals surface area contributed by atoms with E-state index in [-0.39, 0.29) is 40.8 Å². The Balaban J connectivity index is 2.40. The van der Waals surface area contributed by atoms with Gasteiger partial charge in [0.1, 0.15) is 4.90 Å². The van der Waals surface area contributed by atoms with Crippen LogP contribution in [0.25, 0.3) is 0 Å². The summed E-state index contributed by atoms with van der Waals surface area (Å²) in [5.41, 5.74) is -0.0669. The number of ether oxygens (including phenoxy) is 2. The molecule has 1 aromatic carbocycles. The van der Waals surface area contributed by atoms with Crippen molar-refractivity contribution in [3.05, 3.63) is 29.8 Å². The van der Waals surface area contributed by atoms with Gasteiger partial charge in [-0.15, -0.1) is 0 Å². The number of methoxy groups -OCH3 is 2. The van der Waals surface area contributed by atoms with Crippen LogP contribution in [0.1, 0.15) is 24.2 Å². The molecule has 1 aromatic heterocycles. The highest BCUT2D eigenvalue weighted by atomic mass is 32.2. The van der Waals surface area contributed by atoms with Crippen LogP contribution in [0.15, 0.2) is 29.2 Å². The van der Waals surface area contributed by atoms with Crippen LogP contribution < -0.4 is 24.8 Å². The van der Waals surface area contributed by atoms with Crippen LogP contribution in [0, 0.1) is 5.92 Å². The molecule has 0 aliphatic heterocycles. The van der Waals surface area contributed by atoms with Crippen molar-refractivity contribution in [1.29, 1.82) is 0 Å². The van der Waals surface area contributed by atoms with Gasteiger partial charge in [0.2, 0.25) is 23.6 Å². The average Bonchev–Trinajstić information content (AvgIpc) is 2.77. The molecular weight excluding hydrogens is 468 g/mol. The van der Waals surface area contributed by atoms with Crippen LogP contribution in [0.2, 0.25) is 0 Å². The summed E-state index contributed by atoms with van der Waals surface area (Å²) in [5, 5.41) is 4.74. The van der Waals surface area contributed by atoms with Gasteiger partial charge < -0.3 is 19.7 Å². The molecule has 0 atom stereocenters. The summed E-state index contributed by atoms with van der Waals surface area (Å²) in [5.74, 6) is -1.50. The van der Waals surface area contributed by atoms with E-state index in [1.165, 1.54) is 51.4 Å². The normalized spacial score (nSPS) is 10.9. The van der Waals surface area contributed by atoms with Gasteiger partial charge in [-0.1, -0.05) is 13.8 Å². The van der Waals surface area contributed by atoms with E-state index in [4.69, 9.17) is 9.47 Å². The monoisotopic (exact) mass is 494 g/mol. The van der Waals surface area contributed by atoms with Crippen molar-refractivity contribution in [1.82, 2.24) is 19.6 Å². The molecule has 4 amide bonds. The molecule has 2 aromatic rings. The first-order valence-electron chi connectivity index (χ1n) is 9.85. The smallest absolute Gasteiger partial charge is 0.335 e. The third kappa shape index (κ3) is 6.54. The van der Waals surface area contributed by atoms with E-state index in [2.05, 4.69) is 20.6 Å². The highest BCUT2D eigenvalue weighted by molar-refractivity contribution is 7.90. The SMILES string of the molecule is COc1cc(OC)nc(NC(=O)NS(=O)(=O)c2cc(NC(=O)C(C)C)ccc2C(=O)N(C)C)n1. The zero-order valence-electron chi connectivity index (χ0n) is 19.5. The van der Waals surface area contributed by atoms with Crippen molar-refractivity contribution >= 4 is 39.5 Å². The molecule has 2 rings (SSSR count). The molecule has 0 saturated carbocycles. The van der Waals surface area contributed by atoms with Gasteiger partial charge in [-0.2, -0.15) is 9.97 Å². The molecule has 1 heterocycles. The Morgan fingerprint density at radius 3 is 2.06 bits per heavy atom. The molecule has 0 aliphatic rings. The summed E-state index contributed by atoms with van der Waals surface area (Å²) in [7, 11) is 0.988. The maximum atomic E-state index is 13.1. The van der Waals surface area contributed by atoms with Crippen LogP contribution >= 0.6 is 0 Å². The molecule has 34 heavy (non-hydrogen) atoms. The quantitative estimate of drug-likeness (QED) is 0.489. The second-order valence-electron chi connectivity index (χ2n) is 7.39. The standard InChI is InChI=1S/C20H26N6O7S/c1-11(2)17(27)21-12-7-8-13(18(28)26(3)4)14(9-12)34(30,31)25-20(29)24-19-22-15(32-5)10-16(23-19)33-6/h7-11H,1-6H3,(H,21,27)(H2,22,23,24,25,29). The second-order valence-corrected chi connectivity index (χ2v) is 9.04. The van der Waals surface area contributed by atoms with Gasteiger partial charge in [0.15, 0.2) is 0 Å². The van der Waals surface area contributed by atoms with Gasteiger partial charge in [-0.25, -0.2) is 17.9 Å². The molecule has 0 radical (unpaired) electrons. The first-order valence-corrected chi connectivity index (χ1v) is 11.3. The predicted octanol–water partition coefficient (Wildman–Crippen LogP) is 1.30. The van der Waals surface area contributed by atoms with Gasteiger partial charge >= 0.3 is 6.03 Å². The summed E-state index contributed by atoms with van der Waals surface area (Å²) in [4.78, 5) is 45.5. The number of nitrogens with one attached hydrogen (secondary N) is 3. The Morgan fingerprint density at radius 2 is 1.56 bits per heavy atom. The van der Waals surface area contributed by atoms with Gasteiger partial charge in [0.05, 0.1) is 25.8 Å². The fourth-order valence-corrected chi connectivity index (χ4v) is 3.63. The lowest BCUT2D eigenvalue weighted by Gasteiger charge is -2.17. The first-order chi connectivity index (χ1) is 15.9. The van der Waals surface area contributed by atoms with Gasteiger partial charge in [0, 0.05) is 25.7 Å². The minimum absolute atomic E-state index is 0.0671. The summed E-state index contributed by atoms with van der Waals surface area (Å²) >= 11 is 0. The van der Waals surface area contributed by atoms with Crippen molar-refractivity contribution in [3.8, 4) is 11.8 Å². The fraction of sp³-hybridized carbons (Fsp3) is 0.350. The minimum Gasteiger partial charge on any atom is -0.481 e. The van der Waals surface area contributed by atoms with E-state index in [0.29, 0.717) is 0 Å². The third-order valence-corrected chi connectivity index (χ3v) is 5.62. The van der Waals surface area contributed by atoms with Crippen LogP contribution in [0.3, 0.4) is 0 Å². The Morgan fingerprint density at radius 1 is 0.971 bits per heavy atom. The second kappa shape index (κ2) is 10.8. The number of sulfonamides is 1. The van der Waals surface area contributed by atoms with E-state index >= 15 is 0 Å². The molecule has 0 unspecified atom stereocenters. The number of nitrogens with zero attached hydrogens (tertiary/aromatic N) is 3. The Bertz CT molecular complexity index is 1180. The van der Waals surface area contributed by atoms with E-state index in [9.17, 15) is 22.8 Å². The highest BCUT2D eigenvalue weighted by Gasteiger charge is 2.27. The molecule has 0 saturated heterocycles. The molecule has 14 heteroatoms. The number of anilines is 2. The fourth-order valence-electron chi connectivity index (χ4n) is 2.50. The van der Waals surface area contributed by atoms with E-state index in [1.807, 2.05) is 4.72 Å². The Kier molecular flexibility index (Phi) is 8.35.